The summed E-state index contributed by atoms with van der Waals surface area (Å²) in [6, 6.07) is 21.1. The topological polar surface area (TPSA) is 29.9 Å². The van der Waals surface area contributed by atoms with Crippen molar-refractivity contribution in [1.82, 2.24) is 4.98 Å². The smallest absolute Gasteiger partial charge is 0.224 e. The molecule has 0 unspecified atom stereocenters. The molecule has 3 heteroatoms. The molecule has 0 radical (unpaired) electrons. The third-order valence-corrected chi connectivity index (χ3v) is 6.83. The molecule has 0 fully saturated rings. The Bertz CT molecular complexity index is 1770. The first-order valence-corrected chi connectivity index (χ1v) is 11.4. The number of furan rings is 1. The largest absolute Gasteiger partial charge is 0.453 e. The Kier molecular flexibility index (Phi) is 4.07. The maximum Gasteiger partial charge on any atom is 0.224 e. The van der Waals surface area contributed by atoms with Crippen LogP contribution in [-0.4, -0.2) is 4.98 Å². The van der Waals surface area contributed by atoms with Gasteiger partial charge in [-0.1, -0.05) is 56.3 Å². The van der Waals surface area contributed by atoms with Crippen LogP contribution in [0.25, 0.3) is 54.9 Å². The van der Waals surface area contributed by atoms with E-state index in [-0.39, 0.29) is 0 Å². The molecule has 3 aromatic heterocycles. The second-order valence-electron chi connectivity index (χ2n) is 9.23. The predicted molar refractivity (Wildman–Crippen MR) is 137 cm³/mol. The molecule has 0 bridgehead atoms. The van der Waals surface area contributed by atoms with Crippen LogP contribution in [0.4, 0.5) is 0 Å². The summed E-state index contributed by atoms with van der Waals surface area (Å²) in [6.45, 7) is 8.05. The highest BCUT2D eigenvalue weighted by atomic mass is 16.3. The van der Waals surface area contributed by atoms with Crippen LogP contribution in [-0.2, 0) is 7.05 Å². The molecule has 0 amide bonds. The highest BCUT2D eigenvalue weighted by Crippen LogP contribution is 2.40. The summed E-state index contributed by atoms with van der Waals surface area (Å²) in [6.07, 6.45) is 2.09. The van der Waals surface area contributed by atoms with Crippen LogP contribution in [0.3, 0.4) is 0 Å². The van der Waals surface area contributed by atoms with E-state index in [0.717, 1.165) is 71.7 Å². The number of hydrogen-bond donors (Lipinski definition) is 0. The zero-order valence-electron chi connectivity index (χ0n) is 20.7. The number of aromatic nitrogens is 2. The molecule has 0 aliphatic heterocycles. The van der Waals surface area contributed by atoms with Crippen LogP contribution >= 0.6 is 0 Å². The number of hydrogen-bond acceptors (Lipinski definition) is 2. The first-order chi connectivity index (χ1) is 16.2. The van der Waals surface area contributed by atoms with E-state index in [1.165, 1.54) is 0 Å². The minimum absolute atomic E-state index is 0.647. The van der Waals surface area contributed by atoms with Crippen LogP contribution in [0.15, 0.2) is 71.3 Å². The standard InChI is InChI=1S/C30H27N2O/c1-17(2)20-11-13-23-21(16-20)14-15-32(5)28(23)26-18(3)10-12-25-27-30(33-29(25)26)24-9-7-6-8-22(24)19(4)31-27/h6-17H,1-5H3/q+1/i17D. The highest BCUT2D eigenvalue weighted by Gasteiger charge is 2.24. The van der Waals surface area contributed by atoms with Crippen molar-refractivity contribution in [2.24, 2.45) is 7.05 Å². The van der Waals surface area contributed by atoms with E-state index in [0.29, 0.717) is 0 Å². The van der Waals surface area contributed by atoms with E-state index in [4.69, 9.17) is 10.8 Å². The van der Waals surface area contributed by atoms with E-state index in [9.17, 15) is 0 Å². The maximum atomic E-state index is 8.47. The summed E-state index contributed by atoms with van der Waals surface area (Å²) < 4.78 is 17.3. The van der Waals surface area contributed by atoms with Crippen LogP contribution in [0, 0.1) is 13.8 Å². The lowest BCUT2D eigenvalue weighted by molar-refractivity contribution is -0.659. The van der Waals surface area contributed by atoms with Crippen molar-refractivity contribution in [3.05, 3.63) is 83.7 Å². The molecule has 3 nitrogen and oxygen atoms in total. The first kappa shape index (κ1) is 18.8. The zero-order valence-corrected chi connectivity index (χ0v) is 19.7. The fourth-order valence-corrected chi connectivity index (χ4v) is 5.05. The molecular weight excluding hydrogens is 404 g/mol. The third kappa shape index (κ3) is 2.88. The van der Waals surface area contributed by atoms with E-state index in [2.05, 4.69) is 86.3 Å². The summed E-state index contributed by atoms with van der Waals surface area (Å²) in [7, 11) is 2.08. The van der Waals surface area contributed by atoms with Gasteiger partial charge in [0.25, 0.3) is 0 Å². The van der Waals surface area contributed by atoms with Gasteiger partial charge in [0.2, 0.25) is 5.69 Å². The second-order valence-corrected chi connectivity index (χ2v) is 9.23. The SMILES string of the molecule is [2H]C(C)(C)c1ccc2c(-c3c(C)ccc4c3oc3c5ccccc5c(C)nc43)[n+](C)ccc2c1. The van der Waals surface area contributed by atoms with Gasteiger partial charge in [-0.15, -0.1) is 0 Å². The molecule has 0 aliphatic carbocycles. The Balaban J connectivity index is 1.74. The van der Waals surface area contributed by atoms with Crippen LogP contribution in [0.2, 0.25) is 0 Å². The summed E-state index contributed by atoms with van der Waals surface area (Å²) in [5.41, 5.74) is 7.97. The molecule has 0 saturated heterocycles. The van der Waals surface area contributed by atoms with Crippen LogP contribution < -0.4 is 4.57 Å². The van der Waals surface area contributed by atoms with Gasteiger partial charge in [-0.25, -0.2) is 9.55 Å². The fraction of sp³-hybridized carbons (Fsp3) is 0.200. The summed E-state index contributed by atoms with van der Waals surface area (Å²) in [4.78, 5) is 4.96. The van der Waals surface area contributed by atoms with Gasteiger partial charge in [0.1, 0.15) is 12.6 Å². The van der Waals surface area contributed by atoms with Crippen molar-refractivity contribution in [2.75, 3.05) is 0 Å². The summed E-state index contributed by atoms with van der Waals surface area (Å²) in [5, 5.41) is 5.51. The Morgan fingerprint density at radius 1 is 0.879 bits per heavy atom. The normalized spacial score (nSPS) is 12.8. The Morgan fingerprint density at radius 3 is 2.42 bits per heavy atom. The number of benzene rings is 3. The molecular formula is C30H27N2O+. The molecule has 0 saturated carbocycles. The van der Waals surface area contributed by atoms with Crippen LogP contribution in [0.1, 0.15) is 37.9 Å². The Hall–Kier alpha value is -3.72. The average molecular weight is 433 g/mol. The molecule has 162 valence electrons. The third-order valence-electron chi connectivity index (χ3n) is 6.83. The number of pyridine rings is 2. The van der Waals surface area contributed by atoms with Crippen molar-refractivity contribution >= 4 is 43.6 Å². The van der Waals surface area contributed by atoms with Gasteiger partial charge >= 0.3 is 0 Å². The molecule has 6 rings (SSSR count). The minimum Gasteiger partial charge on any atom is -0.453 e. The summed E-state index contributed by atoms with van der Waals surface area (Å²) >= 11 is 0. The van der Waals surface area contributed by atoms with Crippen molar-refractivity contribution in [1.29, 1.82) is 0 Å². The number of fused-ring (bicyclic) bond motifs is 6. The van der Waals surface area contributed by atoms with Crippen molar-refractivity contribution in [2.45, 2.75) is 33.6 Å². The van der Waals surface area contributed by atoms with Gasteiger partial charge in [0.15, 0.2) is 17.4 Å². The zero-order chi connectivity index (χ0) is 23.8. The fourth-order valence-electron chi connectivity index (χ4n) is 5.05. The lowest BCUT2D eigenvalue weighted by atomic mass is 9.94. The first-order valence-electron chi connectivity index (χ1n) is 11.9. The molecule has 0 atom stereocenters. The number of nitrogens with zero attached hydrogens (tertiary/aromatic N) is 2. The van der Waals surface area contributed by atoms with Crippen molar-refractivity contribution < 1.29 is 10.4 Å². The monoisotopic (exact) mass is 432 g/mol. The van der Waals surface area contributed by atoms with Gasteiger partial charge in [-0.3, -0.25) is 0 Å². The molecule has 3 heterocycles. The molecule has 33 heavy (non-hydrogen) atoms. The van der Waals surface area contributed by atoms with Crippen molar-refractivity contribution in [3.8, 4) is 11.3 Å². The lowest BCUT2D eigenvalue weighted by Gasteiger charge is -2.11. The molecule has 0 aliphatic rings. The second kappa shape index (κ2) is 7.14. The molecule has 3 aromatic carbocycles. The quantitative estimate of drug-likeness (QED) is 0.265. The van der Waals surface area contributed by atoms with E-state index < -0.39 is 5.89 Å². The average Bonchev–Trinajstić information content (AvgIpc) is 3.17. The lowest BCUT2D eigenvalue weighted by Crippen LogP contribution is -2.30. The van der Waals surface area contributed by atoms with Gasteiger partial charge in [-0.05, 0) is 48.4 Å². The van der Waals surface area contributed by atoms with E-state index in [1.807, 2.05) is 19.9 Å². The minimum atomic E-state index is -0.647. The van der Waals surface area contributed by atoms with Crippen molar-refractivity contribution in [3.63, 3.8) is 0 Å². The Morgan fingerprint density at radius 2 is 1.64 bits per heavy atom. The number of aryl methyl sites for hydroxylation is 3. The number of rotatable bonds is 2. The van der Waals surface area contributed by atoms with E-state index in [1.54, 1.807) is 0 Å². The van der Waals surface area contributed by atoms with Gasteiger partial charge in [-0.2, -0.15) is 0 Å². The maximum absolute atomic E-state index is 8.47. The highest BCUT2D eigenvalue weighted by molar-refractivity contribution is 6.16. The molecule has 6 aromatic rings. The molecule has 0 N–H and O–H groups in total. The predicted octanol–water partition coefficient (Wildman–Crippen LogP) is 7.52. The Labute approximate surface area is 194 Å². The van der Waals surface area contributed by atoms with Crippen LogP contribution in [0.5, 0.6) is 0 Å². The van der Waals surface area contributed by atoms with Gasteiger partial charge in [0.05, 0.1) is 10.9 Å². The van der Waals surface area contributed by atoms with Gasteiger partial charge < -0.3 is 4.42 Å². The summed E-state index contributed by atoms with van der Waals surface area (Å²) in [5.74, 6) is -0.647. The van der Waals surface area contributed by atoms with Gasteiger partial charge in [0, 0.05) is 29.3 Å². The van der Waals surface area contributed by atoms with E-state index >= 15 is 0 Å². The molecule has 0 spiro atoms.